The SMILES string of the molecule is COc1cc(CC(C(=O)O)C(=O)OCC(c2ccccc2)c2ccccc2)ccc1O. The Morgan fingerprint density at radius 1 is 0.903 bits per heavy atom. The molecular formula is C25H24O6. The number of rotatable bonds is 9. The van der Waals surface area contributed by atoms with E-state index in [0.29, 0.717) is 5.56 Å². The monoisotopic (exact) mass is 420 g/mol. The van der Waals surface area contributed by atoms with Gasteiger partial charge in [-0.15, -0.1) is 0 Å². The Labute approximate surface area is 180 Å². The van der Waals surface area contributed by atoms with Gasteiger partial charge in [-0.1, -0.05) is 66.7 Å². The van der Waals surface area contributed by atoms with Crippen LogP contribution in [0, 0.1) is 5.92 Å². The van der Waals surface area contributed by atoms with E-state index in [9.17, 15) is 19.8 Å². The molecule has 0 spiro atoms. The predicted molar refractivity (Wildman–Crippen MR) is 115 cm³/mol. The fourth-order valence-corrected chi connectivity index (χ4v) is 3.38. The number of hydrogen-bond acceptors (Lipinski definition) is 5. The van der Waals surface area contributed by atoms with Crippen LogP contribution in [0.4, 0.5) is 0 Å². The average Bonchev–Trinajstić information content (AvgIpc) is 2.79. The van der Waals surface area contributed by atoms with Crippen LogP contribution in [0.1, 0.15) is 22.6 Å². The van der Waals surface area contributed by atoms with Gasteiger partial charge in [-0.05, 0) is 35.2 Å². The first-order chi connectivity index (χ1) is 15.0. The summed E-state index contributed by atoms with van der Waals surface area (Å²) in [5.74, 6) is -3.52. The van der Waals surface area contributed by atoms with Crippen LogP contribution in [0.25, 0.3) is 0 Å². The van der Waals surface area contributed by atoms with Crippen LogP contribution in [-0.2, 0) is 20.7 Å². The summed E-state index contributed by atoms with van der Waals surface area (Å²) in [5, 5.41) is 19.3. The molecule has 1 atom stereocenters. The Morgan fingerprint density at radius 2 is 1.48 bits per heavy atom. The Balaban J connectivity index is 1.75. The van der Waals surface area contributed by atoms with Crippen molar-refractivity contribution < 1.29 is 29.3 Å². The Hall–Kier alpha value is -3.80. The molecule has 3 aromatic carbocycles. The van der Waals surface area contributed by atoms with Crippen LogP contribution < -0.4 is 4.74 Å². The molecule has 0 radical (unpaired) electrons. The lowest BCUT2D eigenvalue weighted by atomic mass is 9.92. The minimum Gasteiger partial charge on any atom is -0.504 e. The lowest BCUT2D eigenvalue weighted by Gasteiger charge is -2.20. The van der Waals surface area contributed by atoms with E-state index in [1.54, 1.807) is 6.07 Å². The second-order valence-electron chi connectivity index (χ2n) is 7.11. The molecule has 0 aliphatic rings. The van der Waals surface area contributed by atoms with Crippen molar-refractivity contribution in [2.24, 2.45) is 5.92 Å². The van der Waals surface area contributed by atoms with Gasteiger partial charge in [0.25, 0.3) is 0 Å². The maximum atomic E-state index is 12.7. The van der Waals surface area contributed by atoms with Crippen molar-refractivity contribution in [3.05, 3.63) is 95.6 Å². The third-order valence-electron chi connectivity index (χ3n) is 5.06. The first kappa shape index (κ1) is 21.9. The van der Waals surface area contributed by atoms with E-state index in [4.69, 9.17) is 9.47 Å². The van der Waals surface area contributed by atoms with Crippen molar-refractivity contribution in [1.82, 2.24) is 0 Å². The van der Waals surface area contributed by atoms with Crippen molar-refractivity contribution in [3.8, 4) is 11.5 Å². The van der Waals surface area contributed by atoms with Crippen molar-refractivity contribution in [3.63, 3.8) is 0 Å². The first-order valence-corrected chi connectivity index (χ1v) is 9.84. The topological polar surface area (TPSA) is 93.1 Å². The average molecular weight is 420 g/mol. The highest BCUT2D eigenvalue weighted by atomic mass is 16.5. The van der Waals surface area contributed by atoms with Gasteiger partial charge >= 0.3 is 11.9 Å². The van der Waals surface area contributed by atoms with Gasteiger partial charge in [0.2, 0.25) is 0 Å². The number of ether oxygens (including phenoxy) is 2. The van der Waals surface area contributed by atoms with Crippen molar-refractivity contribution in [2.75, 3.05) is 13.7 Å². The second kappa shape index (κ2) is 10.3. The summed E-state index contributed by atoms with van der Waals surface area (Å²) in [6, 6.07) is 23.7. The van der Waals surface area contributed by atoms with Gasteiger partial charge in [0.15, 0.2) is 17.4 Å². The number of aromatic hydroxyl groups is 1. The third-order valence-corrected chi connectivity index (χ3v) is 5.06. The highest BCUT2D eigenvalue weighted by Crippen LogP contribution is 2.28. The minimum absolute atomic E-state index is 0.0234. The number of carboxylic acid groups (broad SMARTS) is 1. The molecule has 0 fully saturated rings. The molecule has 0 amide bonds. The van der Waals surface area contributed by atoms with Gasteiger partial charge in [-0.2, -0.15) is 0 Å². The number of carbonyl (C=O) groups is 2. The molecule has 3 rings (SSSR count). The van der Waals surface area contributed by atoms with E-state index in [1.165, 1.54) is 19.2 Å². The maximum Gasteiger partial charge on any atom is 0.320 e. The first-order valence-electron chi connectivity index (χ1n) is 9.84. The van der Waals surface area contributed by atoms with E-state index in [-0.39, 0.29) is 30.4 Å². The van der Waals surface area contributed by atoms with Crippen molar-refractivity contribution in [2.45, 2.75) is 12.3 Å². The lowest BCUT2D eigenvalue weighted by molar-refractivity contribution is -0.158. The van der Waals surface area contributed by atoms with Gasteiger partial charge in [-0.25, -0.2) is 0 Å². The summed E-state index contributed by atoms with van der Waals surface area (Å²) in [7, 11) is 1.40. The molecule has 0 aromatic heterocycles. The molecule has 2 N–H and O–H groups in total. The second-order valence-corrected chi connectivity index (χ2v) is 7.11. The van der Waals surface area contributed by atoms with Gasteiger partial charge in [0, 0.05) is 5.92 Å². The van der Waals surface area contributed by atoms with Gasteiger partial charge in [-0.3, -0.25) is 9.59 Å². The number of aliphatic carboxylic acids is 1. The molecule has 0 saturated heterocycles. The van der Waals surface area contributed by atoms with Crippen LogP contribution in [0.2, 0.25) is 0 Å². The predicted octanol–water partition coefficient (Wildman–Crippen LogP) is 4.02. The number of phenolic OH excluding ortho intramolecular Hbond substituents is 1. The molecule has 31 heavy (non-hydrogen) atoms. The van der Waals surface area contributed by atoms with Crippen molar-refractivity contribution >= 4 is 11.9 Å². The minimum atomic E-state index is -1.37. The van der Waals surface area contributed by atoms with Crippen LogP contribution in [-0.4, -0.2) is 35.9 Å². The van der Waals surface area contributed by atoms with Crippen LogP contribution in [0.15, 0.2) is 78.9 Å². The summed E-state index contributed by atoms with van der Waals surface area (Å²) >= 11 is 0. The Kier molecular flexibility index (Phi) is 7.27. The summed E-state index contributed by atoms with van der Waals surface area (Å²) < 4.78 is 10.5. The van der Waals surface area contributed by atoms with Gasteiger partial charge < -0.3 is 19.7 Å². The molecule has 0 heterocycles. The molecular weight excluding hydrogens is 396 g/mol. The highest BCUT2D eigenvalue weighted by Gasteiger charge is 2.29. The third kappa shape index (κ3) is 5.63. The van der Waals surface area contributed by atoms with Gasteiger partial charge in [0.05, 0.1) is 7.11 Å². The number of carboxylic acids is 1. The van der Waals surface area contributed by atoms with Crippen LogP contribution >= 0.6 is 0 Å². The molecule has 1 unspecified atom stereocenters. The number of carbonyl (C=O) groups excluding carboxylic acids is 1. The summed E-state index contributed by atoms with van der Waals surface area (Å²) in [6.07, 6.45) is -0.0772. The molecule has 0 saturated carbocycles. The molecule has 6 nitrogen and oxygen atoms in total. The Morgan fingerprint density at radius 3 is 2.00 bits per heavy atom. The smallest absolute Gasteiger partial charge is 0.320 e. The van der Waals surface area contributed by atoms with Crippen molar-refractivity contribution in [1.29, 1.82) is 0 Å². The normalized spacial score (nSPS) is 11.7. The molecule has 160 valence electrons. The Bertz CT molecular complexity index is 977. The number of benzene rings is 3. The number of phenols is 1. The van der Waals surface area contributed by atoms with Crippen LogP contribution in [0.3, 0.4) is 0 Å². The van der Waals surface area contributed by atoms with E-state index >= 15 is 0 Å². The molecule has 0 bridgehead atoms. The summed E-state index contributed by atoms with van der Waals surface area (Å²) in [4.78, 5) is 24.5. The van der Waals surface area contributed by atoms with Gasteiger partial charge in [0.1, 0.15) is 6.61 Å². The summed E-state index contributed by atoms with van der Waals surface area (Å²) in [5.41, 5.74) is 2.48. The molecule has 6 heteroatoms. The summed E-state index contributed by atoms with van der Waals surface area (Å²) in [6.45, 7) is 0.0234. The largest absolute Gasteiger partial charge is 0.504 e. The standard InChI is InChI=1S/C25H24O6/c1-30-23-15-17(12-13-22(23)26)14-20(24(27)28)25(29)31-16-21(18-8-4-2-5-9-18)19-10-6-3-7-11-19/h2-13,15,20-21,26H,14,16H2,1H3,(H,27,28). The molecule has 0 aliphatic carbocycles. The fourth-order valence-electron chi connectivity index (χ4n) is 3.38. The van der Waals surface area contributed by atoms with E-state index < -0.39 is 17.9 Å². The fraction of sp³-hybridized carbons (Fsp3) is 0.200. The van der Waals surface area contributed by atoms with E-state index in [0.717, 1.165) is 11.1 Å². The zero-order valence-corrected chi connectivity index (χ0v) is 17.1. The number of esters is 1. The quantitative estimate of drug-likeness (QED) is 0.401. The lowest BCUT2D eigenvalue weighted by Crippen LogP contribution is -2.29. The molecule has 3 aromatic rings. The van der Waals surface area contributed by atoms with E-state index in [2.05, 4.69) is 0 Å². The van der Waals surface area contributed by atoms with E-state index in [1.807, 2.05) is 60.7 Å². The molecule has 0 aliphatic heterocycles. The highest BCUT2D eigenvalue weighted by molar-refractivity contribution is 5.94. The van der Waals surface area contributed by atoms with Crippen LogP contribution in [0.5, 0.6) is 11.5 Å². The zero-order chi connectivity index (χ0) is 22.2. The number of hydrogen-bond donors (Lipinski definition) is 2. The zero-order valence-electron chi connectivity index (χ0n) is 17.1. The maximum absolute atomic E-state index is 12.7. The number of methoxy groups -OCH3 is 1.